The lowest BCUT2D eigenvalue weighted by Crippen LogP contribution is -2.67. The third kappa shape index (κ3) is 1.07. The van der Waals surface area contributed by atoms with E-state index in [9.17, 15) is 8.78 Å². The molecule has 3 aliphatic carbocycles. The molecule has 3 saturated carbocycles. The van der Waals surface area contributed by atoms with E-state index < -0.39 is 11.8 Å². The molecule has 1 aromatic heterocycles. The summed E-state index contributed by atoms with van der Waals surface area (Å²) in [5.41, 5.74) is 5.53. The first-order valence-corrected chi connectivity index (χ1v) is 5.43. The van der Waals surface area contributed by atoms with Gasteiger partial charge in [0.25, 0.3) is 0 Å². The van der Waals surface area contributed by atoms with Crippen LogP contribution in [-0.4, -0.2) is 16.6 Å². The Morgan fingerprint density at radius 2 is 1.94 bits per heavy atom. The molecule has 4 rings (SSSR count). The predicted molar refractivity (Wildman–Crippen MR) is 55.4 cm³/mol. The zero-order valence-corrected chi connectivity index (χ0v) is 9.14. The van der Waals surface area contributed by atoms with Crippen LogP contribution in [0.5, 0.6) is 0 Å². The second-order valence-electron chi connectivity index (χ2n) is 4.94. The van der Waals surface area contributed by atoms with Crippen LogP contribution in [0.2, 0.25) is 5.15 Å². The van der Waals surface area contributed by atoms with Gasteiger partial charge in [-0.1, -0.05) is 11.6 Å². The van der Waals surface area contributed by atoms with Gasteiger partial charge in [-0.25, -0.2) is 8.78 Å². The fourth-order valence-electron chi connectivity index (χ4n) is 3.19. The van der Waals surface area contributed by atoms with Gasteiger partial charge in [0.1, 0.15) is 5.82 Å². The van der Waals surface area contributed by atoms with Gasteiger partial charge in [-0.05, 0) is 25.3 Å². The molecule has 1 aromatic rings. The van der Waals surface area contributed by atoms with Crippen molar-refractivity contribution in [2.75, 3.05) is 5.73 Å². The molecule has 2 bridgehead atoms. The van der Waals surface area contributed by atoms with Crippen LogP contribution in [0.3, 0.4) is 0 Å². The largest absolute Gasteiger partial charge is 0.382 e. The van der Waals surface area contributed by atoms with Gasteiger partial charge in [0, 0.05) is 16.4 Å². The summed E-state index contributed by atoms with van der Waals surface area (Å²) < 4.78 is 25.4. The van der Waals surface area contributed by atoms with Crippen molar-refractivity contribution >= 4 is 17.4 Å². The van der Waals surface area contributed by atoms with Crippen molar-refractivity contribution in [3.8, 4) is 0 Å². The zero-order chi connectivity index (χ0) is 11.6. The van der Waals surface area contributed by atoms with E-state index in [-0.39, 0.29) is 10.6 Å². The van der Waals surface area contributed by atoms with E-state index in [4.69, 9.17) is 17.3 Å². The molecule has 3 aliphatic rings. The van der Waals surface area contributed by atoms with Gasteiger partial charge >= 0.3 is 0 Å². The number of alkyl halides is 2. The van der Waals surface area contributed by atoms with Crippen LogP contribution < -0.4 is 5.73 Å². The molecule has 6 heteroatoms. The summed E-state index contributed by atoms with van der Waals surface area (Å²) >= 11 is 5.74. The van der Waals surface area contributed by atoms with E-state index in [1.807, 2.05) is 0 Å². The summed E-state index contributed by atoms with van der Waals surface area (Å²) in [7, 11) is 0. The normalized spacial score (nSPS) is 35.8. The molecule has 0 amide bonds. The standard InChI is InChI=1S/C10H10ClF2N3/c11-6-1-5(7(14)16-15-6)9-2-10(3-9,4-9)8(12)13/h1,8H,2-4H2,(H2,14,16). The molecule has 0 radical (unpaired) electrons. The van der Waals surface area contributed by atoms with Crippen LogP contribution in [0.1, 0.15) is 24.8 Å². The zero-order valence-electron chi connectivity index (χ0n) is 8.38. The van der Waals surface area contributed by atoms with Gasteiger partial charge in [0.2, 0.25) is 6.43 Å². The molecule has 0 unspecified atom stereocenters. The molecule has 0 aliphatic heterocycles. The first-order chi connectivity index (χ1) is 7.47. The number of hydrogen-bond donors (Lipinski definition) is 1. The fraction of sp³-hybridized carbons (Fsp3) is 0.600. The highest BCUT2D eigenvalue weighted by Gasteiger charge is 2.72. The predicted octanol–water partition coefficient (Wildman–Crippen LogP) is 2.40. The minimum absolute atomic E-state index is 0.208. The second kappa shape index (κ2) is 2.83. The molecule has 2 N–H and O–H groups in total. The number of nitrogens with two attached hydrogens (primary N) is 1. The van der Waals surface area contributed by atoms with Crippen molar-refractivity contribution in [2.45, 2.75) is 31.1 Å². The first kappa shape index (κ1) is 10.2. The van der Waals surface area contributed by atoms with Gasteiger partial charge < -0.3 is 5.73 Å². The summed E-state index contributed by atoms with van der Waals surface area (Å²) in [6.45, 7) is 0. The monoisotopic (exact) mass is 245 g/mol. The summed E-state index contributed by atoms with van der Waals surface area (Å²) in [5, 5.41) is 7.61. The number of nitrogens with zero attached hydrogens (tertiary/aromatic N) is 2. The van der Waals surface area contributed by atoms with Crippen molar-refractivity contribution in [1.82, 2.24) is 10.2 Å². The average Bonchev–Trinajstić information content (AvgIpc) is 2.05. The number of rotatable bonds is 2. The number of aromatic nitrogens is 2. The Morgan fingerprint density at radius 3 is 2.50 bits per heavy atom. The molecule has 3 fully saturated rings. The Morgan fingerprint density at radius 1 is 1.31 bits per heavy atom. The molecule has 0 aromatic carbocycles. The van der Waals surface area contributed by atoms with E-state index in [0.717, 1.165) is 5.56 Å². The maximum atomic E-state index is 12.7. The summed E-state index contributed by atoms with van der Waals surface area (Å²) in [6.07, 6.45) is -0.765. The highest BCUT2D eigenvalue weighted by atomic mass is 35.5. The minimum atomic E-state index is -2.24. The van der Waals surface area contributed by atoms with Crippen molar-refractivity contribution in [3.05, 3.63) is 16.8 Å². The van der Waals surface area contributed by atoms with Crippen molar-refractivity contribution < 1.29 is 8.78 Å². The van der Waals surface area contributed by atoms with Crippen molar-refractivity contribution in [1.29, 1.82) is 0 Å². The number of hydrogen-bond acceptors (Lipinski definition) is 3. The fourth-order valence-corrected chi connectivity index (χ4v) is 3.33. The Balaban J connectivity index is 1.90. The lowest BCUT2D eigenvalue weighted by Gasteiger charge is -2.70. The van der Waals surface area contributed by atoms with Gasteiger partial charge in [-0.15, -0.1) is 10.2 Å². The Hall–Kier alpha value is -0.970. The summed E-state index contributed by atoms with van der Waals surface area (Å²) in [4.78, 5) is 0. The van der Waals surface area contributed by atoms with E-state index >= 15 is 0 Å². The Kier molecular flexibility index (Phi) is 1.80. The van der Waals surface area contributed by atoms with Gasteiger partial charge in [-0.2, -0.15) is 0 Å². The molecule has 86 valence electrons. The lowest BCUT2D eigenvalue weighted by atomic mass is 9.33. The van der Waals surface area contributed by atoms with Crippen molar-refractivity contribution in [2.24, 2.45) is 5.41 Å². The number of anilines is 1. The maximum Gasteiger partial charge on any atom is 0.244 e. The molecule has 0 atom stereocenters. The van der Waals surface area contributed by atoms with E-state index in [0.29, 0.717) is 25.1 Å². The highest BCUT2D eigenvalue weighted by Crippen LogP contribution is 2.76. The molecular weight excluding hydrogens is 236 g/mol. The Bertz CT molecular complexity index is 444. The van der Waals surface area contributed by atoms with Gasteiger partial charge in [-0.3, -0.25) is 0 Å². The third-order valence-corrected chi connectivity index (χ3v) is 4.08. The quantitative estimate of drug-likeness (QED) is 0.871. The Labute approximate surface area is 96.0 Å². The molecule has 16 heavy (non-hydrogen) atoms. The van der Waals surface area contributed by atoms with Crippen LogP contribution in [0, 0.1) is 5.41 Å². The van der Waals surface area contributed by atoms with Gasteiger partial charge in [0.05, 0.1) is 0 Å². The summed E-state index contributed by atoms with van der Waals surface area (Å²) in [5.74, 6) is 0.312. The second-order valence-corrected chi connectivity index (χ2v) is 5.33. The van der Waals surface area contributed by atoms with E-state index in [1.54, 1.807) is 6.07 Å². The first-order valence-electron chi connectivity index (χ1n) is 5.05. The van der Waals surface area contributed by atoms with Crippen LogP contribution >= 0.6 is 11.6 Å². The molecule has 0 spiro atoms. The molecule has 3 nitrogen and oxygen atoms in total. The van der Waals surface area contributed by atoms with Crippen LogP contribution in [0.15, 0.2) is 6.07 Å². The molecular formula is C10H10ClF2N3. The molecule has 1 heterocycles. The van der Waals surface area contributed by atoms with E-state index in [2.05, 4.69) is 10.2 Å². The van der Waals surface area contributed by atoms with Gasteiger partial charge in [0.15, 0.2) is 5.15 Å². The average molecular weight is 246 g/mol. The maximum absolute atomic E-state index is 12.7. The SMILES string of the molecule is Nc1nnc(Cl)cc1C12CC(C(F)F)(C1)C2. The third-order valence-electron chi connectivity index (χ3n) is 3.90. The highest BCUT2D eigenvalue weighted by molar-refractivity contribution is 6.29. The van der Waals surface area contributed by atoms with E-state index in [1.165, 1.54) is 0 Å². The topological polar surface area (TPSA) is 51.8 Å². The van der Waals surface area contributed by atoms with Crippen LogP contribution in [-0.2, 0) is 5.41 Å². The van der Waals surface area contributed by atoms with Crippen LogP contribution in [0.4, 0.5) is 14.6 Å². The van der Waals surface area contributed by atoms with Crippen LogP contribution in [0.25, 0.3) is 0 Å². The smallest absolute Gasteiger partial charge is 0.244 e. The number of halogens is 3. The summed E-state index contributed by atoms with van der Waals surface area (Å²) in [6, 6.07) is 1.65. The molecule has 0 saturated heterocycles. The minimum Gasteiger partial charge on any atom is -0.382 e. The van der Waals surface area contributed by atoms with Crippen molar-refractivity contribution in [3.63, 3.8) is 0 Å². The number of nitrogen functional groups attached to an aromatic ring is 1. The lowest BCUT2D eigenvalue weighted by molar-refractivity contribution is -0.221.